The van der Waals surface area contributed by atoms with Gasteiger partial charge in [-0.1, -0.05) is 36.4 Å². The normalized spacial score (nSPS) is 19.4. The fourth-order valence-corrected chi connectivity index (χ4v) is 2.18. The van der Waals surface area contributed by atoms with Gasteiger partial charge in [0.15, 0.2) is 0 Å². The Morgan fingerprint density at radius 3 is 2.82 bits per heavy atom. The van der Waals surface area contributed by atoms with Gasteiger partial charge in [0, 0.05) is 0 Å². The quantitative estimate of drug-likeness (QED) is 0.849. The number of allylic oxidation sites excluding steroid dienone is 1. The third-order valence-corrected chi connectivity index (χ3v) is 3.02. The number of hydrogen-bond acceptors (Lipinski definition) is 2. The molecule has 0 saturated heterocycles. The van der Waals surface area contributed by atoms with Crippen molar-refractivity contribution in [2.45, 2.75) is 25.3 Å². The van der Waals surface area contributed by atoms with Gasteiger partial charge in [-0.2, -0.15) is 0 Å². The summed E-state index contributed by atoms with van der Waals surface area (Å²) >= 11 is 0. The van der Waals surface area contributed by atoms with E-state index in [4.69, 9.17) is 0 Å². The van der Waals surface area contributed by atoms with Crippen molar-refractivity contribution in [2.24, 2.45) is 0 Å². The minimum absolute atomic E-state index is 0.0681. The lowest BCUT2D eigenvalue weighted by molar-refractivity contribution is 0.168. The molecule has 90 valence electrons. The Labute approximate surface area is 101 Å². The molecule has 0 bridgehead atoms. The van der Waals surface area contributed by atoms with E-state index in [1.165, 1.54) is 18.2 Å². The van der Waals surface area contributed by atoms with E-state index in [9.17, 15) is 4.79 Å². The Morgan fingerprint density at radius 1 is 1.35 bits per heavy atom. The van der Waals surface area contributed by atoms with Crippen LogP contribution in [0.3, 0.4) is 0 Å². The molecular weight excluding hydrogens is 214 g/mol. The lowest BCUT2D eigenvalue weighted by Gasteiger charge is -2.25. The summed E-state index contributed by atoms with van der Waals surface area (Å²) in [6.07, 6.45) is 4.99. The summed E-state index contributed by atoms with van der Waals surface area (Å²) in [5, 5.41) is 2.89. The van der Waals surface area contributed by atoms with Crippen LogP contribution in [0.5, 0.6) is 0 Å². The van der Waals surface area contributed by atoms with Crippen LogP contribution in [0.25, 0.3) is 5.57 Å². The lowest BCUT2D eigenvalue weighted by Crippen LogP contribution is -2.36. The predicted molar refractivity (Wildman–Crippen MR) is 67.6 cm³/mol. The zero-order valence-corrected chi connectivity index (χ0v) is 9.98. The first-order valence-electron chi connectivity index (χ1n) is 5.91. The molecule has 1 unspecified atom stereocenters. The molecule has 3 heteroatoms. The number of methoxy groups -OCH3 is 1. The van der Waals surface area contributed by atoms with E-state index in [-0.39, 0.29) is 12.1 Å². The zero-order chi connectivity index (χ0) is 12.1. The monoisotopic (exact) mass is 231 g/mol. The highest BCUT2D eigenvalue weighted by Gasteiger charge is 2.20. The van der Waals surface area contributed by atoms with Crippen molar-refractivity contribution in [1.82, 2.24) is 5.32 Å². The Hall–Kier alpha value is -1.77. The first-order chi connectivity index (χ1) is 8.31. The Morgan fingerprint density at radius 2 is 2.12 bits per heavy atom. The summed E-state index contributed by atoms with van der Waals surface area (Å²) in [6, 6.07) is 10.2. The molecule has 1 N–H and O–H groups in total. The third-order valence-electron chi connectivity index (χ3n) is 3.02. The molecule has 17 heavy (non-hydrogen) atoms. The van der Waals surface area contributed by atoms with Crippen molar-refractivity contribution in [1.29, 1.82) is 0 Å². The van der Waals surface area contributed by atoms with Crippen LogP contribution in [0, 0.1) is 0 Å². The number of hydrogen-bond donors (Lipinski definition) is 1. The minimum atomic E-state index is -0.362. The Kier molecular flexibility index (Phi) is 3.81. The predicted octanol–water partition coefficient (Wildman–Crippen LogP) is 2.98. The van der Waals surface area contributed by atoms with E-state index < -0.39 is 0 Å². The topological polar surface area (TPSA) is 38.3 Å². The fraction of sp³-hybridized carbons (Fsp3) is 0.357. The highest BCUT2D eigenvalue weighted by molar-refractivity contribution is 5.76. The molecule has 2 rings (SSSR count). The molecule has 1 aromatic carbocycles. The van der Waals surface area contributed by atoms with Gasteiger partial charge in [0.1, 0.15) is 0 Å². The van der Waals surface area contributed by atoms with Crippen LogP contribution >= 0.6 is 0 Å². The summed E-state index contributed by atoms with van der Waals surface area (Å²) in [6.45, 7) is 0. The van der Waals surface area contributed by atoms with Crippen molar-refractivity contribution < 1.29 is 9.53 Å². The van der Waals surface area contributed by atoms with Crippen LogP contribution in [0.2, 0.25) is 0 Å². The number of alkyl carbamates (subject to hydrolysis) is 1. The average molecular weight is 231 g/mol. The first-order valence-corrected chi connectivity index (χ1v) is 5.91. The molecular formula is C14H17NO2. The highest BCUT2D eigenvalue weighted by atomic mass is 16.5. The Balaban J connectivity index is 2.18. The van der Waals surface area contributed by atoms with Gasteiger partial charge in [-0.3, -0.25) is 0 Å². The molecule has 0 aliphatic heterocycles. The zero-order valence-electron chi connectivity index (χ0n) is 9.98. The van der Waals surface area contributed by atoms with Gasteiger partial charge in [0.2, 0.25) is 0 Å². The second-order valence-corrected chi connectivity index (χ2v) is 4.14. The summed E-state index contributed by atoms with van der Waals surface area (Å²) in [5.74, 6) is 0. The molecule has 1 atom stereocenters. The summed E-state index contributed by atoms with van der Waals surface area (Å²) in [5.41, 5.74) is 2.37. The molecule has 0 heterocycles. The average Bonchev–Trinajstić information content (AvgIpc) is 2.40. The van der Waals surface area contributed by atoms with E-state index in [0.717, 1.165) is 19.3 Å². The first kappa shape index (κ1) is 11.7. The molecule has 0 fully saturated rings. The number of ether oxygens (including phenoxy) is 1. The van der Waals surface area contributed by atoms with E-state index in [0.29, 0.717) is 0 Å². The fourth-order valence-electron chi connectivity index (χ4n) is 2.18. The second kappa shape index (κ2) is 5.53. The number of nitrogens with one attached hydrogen (secondary N) is 1. The van der Waals surface area contributed by atoms with Crippen molar-refractivity contribution in [3.8, 4) is 0 Å². The highest BCUT2D eigenvalue weighted by Crippen LogP contribution is 2.27. The number of amides is 1. The maximum absolute atomic E-state index is 11.3. The number of carbonyl (C=O) groups excluding carboxylic acids is 1. The number of rotatable bonds is 2. The van der Waals surface area contributed by atoms with Gasteiger partial charge >= 0.3 is 6.09 Å². The van der Waals surface area contributed by atoms with Gasteiger partial charge in [-0.25, -0.2) is 4.79 Å². The van der Waals surface area contributed by atoms with Gasteiger partial charge in [-0.15, -0.1) is 0 Å². The molecule has 1 aliphatic rings. The van der Waals surface area contributed by atoms with Crippen LogP contribution in [-0.4, -0.2) is 19.2 Å². The standard InChI is InChI=1S/C14H17NO2/c1-17-14(16)15-13-10-6-5-9-12(13)11-7-3-2-4-8-11/h2-4,7-9,13H,5-6,10H2,1H3,(H,15,16). The molecule has 0 aromatic heterocycles. The molecule has 1 amide bonds. The van der Waals surface area contributed by atoms with Crippen molar-refractivity contribution in [2.75, 3.05) is 7.11 Å². The van der Waals surface area contributed by atoms with E-state index >= 15 is 0 Å². The summed E-state index contributed by atoms with van der Waals surface area (Å²) in [7, 11) is 1.39. The van der Waals surface area contributed by atoms with Crippen LogP contribution < -0.4 is 5.32 Å². The maximum atomic E-state index is 11.3. The maximum Gasteiger partial charge on any atom is 0.407 e. The summed E-state index contributed by atoms with van der Waals surface area (Å²) < 4.78 is 4.66. The molecule has 0 saturated carbocycles. The van der Waals surface area contributed by atoms with Gasteiger partial charge < -0.3 is 10.1 Å². The lowest BCUT2D eigenvalue weighted by atomic mass is 9.89. The third kappa shape index (κ3) is 2.87. The van der Waals surface area contributed by atoms with Crippen LogP contribution in [0.15, 0.2) is 36.4 Å². The van der Waals surface area contributed by atoms with Crippen molar-refractivity contribution >= 4 is 11.7 Å². The molecule has 0 radical (unpaired) electrons. The van der Waals surface area contributed by atoms with E-state index in [2.05, 4.69) is 28.3 Å². The molecule has 1 aliphatic carbocycles. The van der Waals surface area contributed by atoms with Crippen LogP contribution in [-0.2, 0) is 4.74 Å². The molecule has 3 nitrogen and oxygen atoms in total. The van der Waals surface area contributed by atoms with Gasteiger partial charge in [-0.05, 0) is 30.4 Å². The molecule has 1 aromatic rings. The van der Waals surface area contributed by atoms with Crippen LogP contribution in [0.4, 0.5) is 4.79 Å². The number of carbonyl (C=O) groups is 1. The number of benzene rings is 1. The minimum Gasteiger partial charge on any atom is -0.453 e. The summed E-state index contributed by atoms with van der Waals surface area (Å²) in [4.78, 5) is 11.3. The van der Waals surface area contributed by atoms with E-state index in [1.54, 1.807) is 0 Å². The largest absolute Gasteiger partial charge is 0.453 e. The van der Waals surface area contributed by atoms with Gasteiger partial charge in [0.25, 0.3) is 0 Å². The SMILES string of the molecule is COC(=O)NC1CCCC=C1c1ccccc1. The van der Waals surface area contributed by atoms with Crippen molar-refractivity contribution in [3.05, 3.63) is 42.0 Å². The van der Waals surface area contributed by atoms with E-state index in [1.807, 2.05) is 18.2 Å². The van der Waals surface area contributed by atoms with Crippen molar-refractivity contribution in [3.63, 3.8) is 0 Å². The smallest absolute Gasteiger partial charge is 0.407 e. The molecule has 0 spiro atoms. The second-order valence-electron chi connectivity index (χ2n) is 4.14. The Bertz CT molecular complexity index is 411. The van der Waals surface area contributed by atoms with Crippen LogP contribution in [0.1, 0.15) is 24.8 Å². The van der Waals surface area contributed by atoms with Gasteiger partial charge in [0.05, 0.1) is 13.2 Å².